The van der Waals surface area contributed by atoms with E-state index in [9.17, 15) is 0 Å². The zero-order chi connectivity index (χ0) is 14.1. The third-order valence-corrected chi connectivity index (χ3v) is 3.06. The minimum Gasteiger partial charge on any atom is -0.409 e. The van der Waals surface area contributed by atoms with Crippen molar-refractivity contribution in [1.82, 2.24) is 15.2 Å². The van der Waals surface area contributed by atoms with Gasteiger partial charge in [-0.15, -0.1) is 0 Å². The topological polar surface area (TPSA) is 86.8 Å². The van der Waals surface area contributed by atoms with Gasteiger partial charge in [0.25, 0.3) is 0 Å². The first-order valence-corrected chi connectivity index (χ1v) is 6.57. The third-order valence-electron chi connectivity index (χ3n) is 3.06. The van der Waals surface area contributed by atoms with E-state index in [1.165, 1.54) is 0 Å². The van der Waals surface area contributed by atoms with Gasteiger partial charge in [0.05, 0.1) is 0 Å². The maximum Gasteiger partial charge on any atom is 0.189 e. The largest absolute Gasteiger partial charge is 0.409 e. The minimum atomic E-state index is 0.0427. The monoisotopic (exact) mass is 265 g/mol. The molecule has 0 saturated heterocycles. The molecule has 19 heavy (non-hydrogen) atoms. The van der Waals surface area contributed by atoms with E-state index in [4.69, 9.17) is 10.9 Å². The standard InChI is InChI=1S/C13H23N5O/c1-3-18(4-2)9-8-15-10-11-6-5-7-16-12(11)13(14)17-19/h5-7,15,19H,3-4,8-10H2,1-2H3,(H2,14,17). The highest BCUT2D eigenvalue weighted by atomic mass is 16.4. The highest BCUT2D eigenvalue weighted by Gasteiger charge is 2.07. The van der Waals surface area contributed by atoms with E-state index in [2.05, 4.69) is 34.2 Å². The maximum absolute atomic E-state index is 8.72. The number of nitrogens with one attached hydrogen (secondary N) is 1. The molecule has 0 radical (unpaired) electrons. The Bertz CT molecular complexity index is 404. The number of hydrogen-bond donors (Lipinski definition) is 3. The van der Waals surface area contributed by atoms with Gasteiger partial charge in [0.15, 0.2) is 5.84 Å². The maximum atomic E-state index is 8.72. The second kappa shape index (κ2) is 8.44. The summed E-state index contributed by atoms with van der Waals surface area (Å²) in [5.74, 6) is 0.0427. The van der Waals surface area contributed by atoms with Crippen LogP contribution in [-0.4, -0.2) is 47.1 Å². The summed E-state index contributed by atoms with van der Waals surface area (Å²) in [5, 5.41) is 15.1. The molecule has 1 rings (SSSR count). The molecule has 0 spiro atoms. The van der Waals surface area contributed by atoms with Crippen molar-refractivity contribution in [2.45, 2.75) is 20.4 Å². The van der Waals surface area contributed by atoms with Crippen LogP contribution in [-0.2, 0) is 6.54 Å². The van der Waals surface area contributed by atoms with Gasteiger partial charge in [-0.1, -0.05) is 25.1 Å². The van der Waals surface area contributed by atoms with E-state index in [1.54, 1.807) is 6.20 Å². The van der Waals surface area contributed by atoms with Gasteiger partial charge in [-0.3, -0.25) is 4.98 Å². The zero-order valence-electron chi connectivity index (χ0n) is 11.6. The molecule has 0 aromatic carbocycles. The van der Waals surface area contributed by atoms with Crippen LogP contribution in [0.15, 0.2) is 23.5 Å². The molecular weight excluding hydrogens is 242 g/mol. The summed E-state index contributed by atoms with van der Waals surface area (Å²) in [4.78, 5) is 6.48. The van der Waals surface area contributed by atoms with Crippen molar-refractivity contribution in [2.24, 2.45) is 10.9 Å². The van der Waals surface area contributed by atoms with Crippen molar-refractivity contribution < 1.29 is 5.21 Å². The fourth-order valence-corrected chi connectivity index (χ4v) is 1.86. The van der Waals surface area contributed by atoms with Gasteiger partial charge in [0.2, 0.25) is 0 Å². The Balaban J connectivity index is 2.50. The Kier molecular flexibility index (Phi) is 6.84. The van der Waals surface area contributed by atoms with Crippen LogP contribution in [0.4, 0.5) is 0 Å². The summed E-state index contributed by atoms with van der Waals surface area (Å²) in [5.41, 5.74) is 7.05. The molecule has 0 atom stereocenters. The lowest BCUT2D eigenvalue weighted by Crippen LogP contribution is -2.32. The summed E-state index contributed by atoms with van der Waals surface area (Å²) >= 11 is 0. The zero-order valence-corrected chi connectivity index (χ0v) is 11.6. The number of rotatable bonds is 8. The predicted octanol–water partition coefficient (Wildman–Crippen LogP) is 0.608. The van der Waals surface area contributed by atoms with Crippen molar-refractivity contribution >= 4 is 5.84 Å². The van der Waals surface area contributed by atoms with E-state index in [1.807, 2.05) is 12.1 Å². The number of likely N-dealkylation sites (N-methyl/N-ethyl adjacent to an activating group) is 1. The molecule has 0 aliphatic rings. The molecule has 0 amide bonds. The van der Waals surface area contributed by atoms with Crippen molar-refractivity contribution in [3.8, 4) is 0 Å². The quantitative estimate of drug-likeness (QED) is 0.211. The lowest BCUT2D eigenvalue weighted by Gasteiger charge is -2.18. The summed E-state index contributed by atoms with van der Waals surface area (Å²) in [6, 6.07) is 3.76. The van der Waals surface area contributed by atoms with Crippen LogP contribution in [0.5, 0.6) is 0 Å². The second-order valence-electron chi connectivity index (χ2n) is 4.20. The van der Waals surface area contributed by atoms with Crippen LogP contribution in [0.25, 0.3) is 0 Å². The van der Waals surface area contributed by atoms with Crippen LogP contribution in [0.1, 0.15) is 25.1 Å². The first kappa shape index (κ1) is 15.4. The molecule has 0 aliphatic carbocycles. The molecule has 1 aromatic rings. The summed E-state index contributed by atoms with van der Waals surface area (Å²) in [7, 11) is 0. The fourth-order valence-electron chi connectivity index (χ4n) is 1.86. The Hall–Kier alpha value is -1.66. The van der Waals surface area contributed by atoms with Crippen LogP contribution in [0.3, 0.4) is 0 Å². The number of nitrogens with zero attached hydrogens (tertiary/aromatic N) is 3. The molecule has 1 aromatic heterocycles. The highest BCUT2D eigenvalue weighted by molar-refractivity contribution is 5.96. The number of nitrogens with two attached hydrogens (primary N) is 1. The Morgan fingerprint density at radius 2 is 2.21 bits per heavy atom. The fraction of sp³-hybridized carbons (Fsp3) is 0.538. The van der Waals surface area contributed by atoms with Crippen molar-refractivity contribution in [3.05, 3.63) is 29.6 Å². The van der Waals surface area contributed by atoms with Gasteiger partial charge in [0.1, 0.15) is 5.69 Å². The molecule has 0 saturated carbocycles. The molecule has 106 valence electrons. The molecule has 6 nitrogen and oxygen atoms in total. The smallest absolute Gasteiger partial charge is 0.189 e. The van der Waals surface area contributed by atoms with Crippen LogP contribution in [0.2, 0.25) is 0 Å². The van der Waals surface area contributed by atoms with Crippen LogP contribution < -0.4 is 11.1 Å². The van der Waals surface area contributed by atoms with E-state index >= 15 is 0 Å². The summed E-state index contributed by atoms with van der Waals surface area (Å²) < 4.78 is 0. The van der Waals surface area contributed by atoms with E-state index in [-0.39, 0.29) is 5.84 Å². The second-order valence-corrected chi connectivity index (χ2v) is 4.20. The molecule has 4 N–H and O–H groups in total. The molecule has 0 bridgehead atoms. The summed E-state index contributed by atoms with van der Waals surface area (Å²) in [6.07, 6.45) is 1.63. The molecule has 0 fully saturated rings. The van der Waals surface area contributed by atoms with Gasteiger partial charge < -0.3 is 21.2 Å². The molecule has 0 aliphatic heterocycles. The molecular formula is C13H23N5O. The van der Waals surface area contributed by atoms with E-state index < -0.39 is 0 Å². The Morgan fingerprint density at radius 1 is 1.47 bits per heavy atom. The van der Waals surface area contributed by atoms with Crippen LogP contribution in [0, 0.1) is 0 Å². The lowest BCUT2D eigenvalue weighted by atomic mass is 10.2. The van der Waals surface area contributed by atoms with E-state index in [0.717, 1.165) is 31.7 Å². The first-order valence-electron chi connectivity index (χ1n) is 6.57. The van der Waals surface area contributed by atoms with Crippen molar-refractivity contribution in [1.29, 1.82) is 0 Å². The van der Waals surface area contributed by atoms with E-state index in [0.29, 0.717) is 12.2 Å². The van der Waals surface area contributed by atoms with Crippen molar-refractivity contribution in [3.63, 3.8) is 0 Å². The van der Waals surface area contributed by atoms with Gasteiger partial charge in [0, 0.05) is 25.8 Å². The molecule has 0 unspecified atom stereocenters. The Labute approximate surface area is 114 Å². The SMILES string of the molecule is CCN(CC)CCNCc1cccnc1C(N)=NO. The average Bonchev–Trinajstić information content (AvgIpc) is 2.47. The Morgan fingerprint density at radius 3 is 2.84 bits per heavy atom. The van der Waals surface area contributed by atoms with Gasteiger partial charge in [-0.2, -0.15) is 0 Å². The number of oxime groups is 1. The van der Waals surface area contributed by atoms with Gasteiger partial charge in [-0.25, -0.2) is 0 Å². The van der Waals surface area contributed by atoms with Crippen molar-refractivity contribution in [2.75, 3.05) is 26.2 Å². The third kappa shape index (κ3) is 4.84. The molecule has 1 heterocycles. The van der Waals surface area contributed by atoms with Gasteiger partial charge >= 0.3 is 0 Å². The minimum absolute atomic E-state index is 0.0427. The predicted molar refractivity (Wildman–Crippen MR) is 76.2 cm³/mol. The van der Waals surface area contributed by atoms with Crippen LogP contribution >= 0.6 is 0 Å². The highest BCUT2D eigenvalue weighted by Crippen LogP contribution is 2.04. The summed E-state index contributed by atoms with van der Waals surface area (Å²) in [6.45, 7) is 8.97. The number of aromatic nitrogens is 1. The lowest BCUT2D eigenvalue weighted by molar-refractivity contribution is 0.302. The average molecular weight is 265 g/mol. The first-order chi connectivity index (χ1) is 9.22. The molecule has 6 heteroatoms. The van der Waals surface area contributed by atoms with Gasteiger partial charge in [-0.05, 0) is 24.7 Å². The number of pyridine rings is 1. The normalized spacial score (nSPS) is 12.1. The number of amidine groups is 1. The number of hydrogen-bond acceptors (Lipinski definition) is 5.